The van der Waals surface area contributed by atoms with Crippen LogP contribution in [-0.4, -0.2) is 25.7 Å². The van der Waals surface area contributed by atoms with Crippen LogP contribution in [0.2, 0.25) is 0 Å². The van der Waals surface area contributed by atoms with Crippen molar-refractivity contribution in [1.82, 2.24) is 5.32 Å². The molecule has 3 N–H and O–H groups in total. The number of carbonyl (C=O) groups is 1. The molecule has 0 bridgehead atoms. The molecule has 0 aromatic carbocycles. The predicted octanol–water partition coefficient (Wildman–Crippen LogP) is 1.46. The van der Waals surface area contributed by atoms with Crippen LogP contribution in [0.3, 0.4) is 0 Å². The molecule has 5 heteroatoms. The van der Waals surface area contributed by atoms with Crippen molar-refractivity contribution < 1.29 is 9.53 Å². The van der Waals surface area contributed by atoms with Crippen LogP contribution in [0.5, 0.6) is 0 Å². The van der Waals surface area contributed by atoms with E-state index in [4.69, 9.17) is 10.5 Å². The van der Waals surface area contributed by atoms with E-state index in [0.717, 1.165) is 11.3 Å². The fourth-order valence-corrected chi connectivity index (χ4v) is 1.95. The van der Waals surface area contributed by atoms with Crippen molar-refractivity contribution in [2.45, 2.75) is 12.5 Å². The molecular weight excluding hydrogens is 236 g/mol. The highest BCUT2D eigenvalue weighted by molar-refractivity contribution is 7.10. The lowest BCUT2D eigenvalue weighted by Gasteiger charge is -2.10. The lowest BCUT2D eigenvalue weighted by molar-refractivity contribution is -0.122. The number of hydrogen-bond donors (Lipinski definition) is 2. The van der Waals surface area contributed by atoms with Gasteiger partial charge in [0.1, 0.15) is 6.04 Å². The third-order valence-corrected chi connectivity index (χ3v) is 3.10. The zero-order chi connectivity index (χ0) is 12.5. The second-order valence-electron chi connectivity index (χ2n) is 3.47. The van der Waals surface area contributed by atoms with Gasteiger partial charge in [0, 0.05) is 11.4 Å². The summed E-state index contributed by atoms with van der Waals surface area (Å²) in [6.07, 6.45) is 2.62. The smallest absolute Gasteiger partial charge is 0.242 e. The highest BCUT2D eigenvalue weighted by atomic mass is 32.1. The van der Waals surface area contributed by atoms with Crippen molar-refractivity contribution in [3.8, 4) is 0 Å². The van der Waals surface area contributed by atoms with Crippen LogP contribution >= 0.6 is 11.3 Å². The highest BCUT2D eigenvalue weighted by Gasteiger charge is 2.15. The van der Waals surface area contributed by atoms with E-state index >= 15 is 0 Å². The van der Waals surface area contributed by atoms with Crippen molar-refractivity contribution >= 4 is 17.2 Å². The largest absolute Gasteiger partial charge is 0.379 e. The molecule has 0 fully saturated rings. The van der Waals surface area contributed by atoms with Gasteiger partial charge in [-0.2, -0.15) is 0 Å². The number of nitrogens with one attached hydrogen (secondary N) is 1. The summed E-state index contributed by atoms with van der Waals surface area (Å²) in [6, 6.07) is 3.16. The van der Waals surface area contributed by atoms with Crippen LogP contribution in [0.4, 0.5) is 0 Å². The highest BCUT2D eigenvalue weighted by Crippen LogP contribution is 2.16. The van der Waals surface area contributed by atoms with Gasteiger partial charge < -0.3 is 15.8 Å². The SMILES string of the molecule is C=CCCOCCNC(=O)C(N)c1cccs1. The topological polar surface area (TPSA) is 64.3 Å². The minimum Gasteiger partial charge on any atom is -0.379 e. The van der Waals surface area contributed by atoms with Crippen LogP contribution in [0, 0.1) is 0 Å². The number of nitrogens with two attached hydrogens (primary N) is 1. The molecule has 0 spiro atoms. The van der Waals surface area contributed by atoms with Crippen molar-refractivity contribution in [2.24, 2.45) is 5.73 Å². The number of ether oxygens (including phenoxy) is 1. The van der Waals surface area contributed by atoms with Gasteiger partial charge in [0.25, 0.3) is 0 Å². The minimum absolute atomic E-state index is 0.167. The van der Waals surface area contributed by atoms with Gasteiger partial charge in [-0.25, -0.2) is 0 Å². The quantitative estimate of drug-likeness (QED) is 0.545. The van der Waals surface area contributed by atoms with Crippen molar-refractivity contribution in [3.05, 3.63) is 35.0 Å². The van der Waals surface area contributed by atoms with E-state index in [1.54, 1.807) is 6.08 Å². The molecule has 17 heavy (non-hydrogen) atoms. The lowest BCUT2D eigenvalue weighted by atomic mass is 10.2. The molecule has 1 rings (SSSR count). The molecule has 1 atom stereocenters. The van der Waals surface area contributed by atoms with Crippen LogP contribution < -0.4 is 11.1 Å². The molecular formula is C12H18N2O2S. The Morgan fingerprint density at radius 1 is 1.65 bits per heavy atom. The van der Waals surface area contributed by atoms with Crippen LogP contribution in [0.1, 0.15) is 17.3 Å². The Kier molecular flexibility index (Phi) is 6.54. The summed E-state index contributed by atoms with van der Waals surface area (Å²) in [5, 5.41) is 4.64. The fraction of sp³-hybridized carbons (Fsp3) is 0.417. The molecule has 1 amide bonds. The second-order valence-corrected chi connectivity index (χ2v) is 4.45. The number of thiophene rings is 1. The van der Waals surface area contributed by atoms with Gasteiger partial charge in [0.05, 0.1) is 13.2 Å². The summed E-state index contributed by atoms with van der Waals surface area (Å²) in [5.41, 5.74) is 5.79. The van der Waals surface area contributed by atoms with Gasteiger partial charge in [0.15, 0.2) is 0 Å². The average Bonchev–Trinajstić information content (AvgIpc) is 2.86. The summed E-state index contributed by atoms with van der Waals surface area (Å²) >= 11 is 1.48. The monoisotopic (exact) mass is 254 g/mol. The maximum Gasteiger partial charge on any atom is 0.242 e. The van der Waals surface area contributed by atoms with E-state index in [1.165, 1.54) is 11.3 Å². The normalized spacial score (nSPS) is 12.1. The van der Waals surface area contributed by atoms with E-state index in [-0.39, 0.29) is 5.91 Å². The lowest BCUT2D eigenvalue weighted by Crippen LogP contribution is -2.35. The molecule has 0 aliphatic rings. The Morgan fingerprint density at radius 3 is 3.12 bits per heavy atom. The molecule has 0 aliphatic heterocycles. The van der Waals surface area contributed by atoms with E-state index in [0.29, 0.717) is 19.8 Å². The van der Waals surface area contributed by atoms with E-state index in [2.05, 4.69) is 11.9 Å². The van der Waals surface area contributed by atoms with Crippen molar-refractivity contribution in [1.29, 1.82) is 0 Å². The third-order valence-electron chi connectivity index (χ3n) is 2.14. The van der Waals surface area contributed by atoms with Crippen molar-refractivity contribution in [3.63, 3.8) is 0 Å². The van der Waals surface area contributed by atoms with Gasteiger partial charge >= 0.3 is 0 Å². The van der Waals surface area contributed by atoms with Crippen LogP contribution in [0.15, 0.2) is 30.2 Å². The van der Waals surface area contributed by atoms with E-state index < -0.39 is 6.04 Å². The summed E-state index contributed by atoms with van der Waals surface area (Å²) in [7, 11) is 0. The molecule has 94 valence electrons. The molecule has 0 saturated heterocycles. The number of hydrogen-bond acceptors (Lipinski definition) is 4. The van der Waals surface area contributed by atoms with Crippen LogP contribution in [-0.2, 0) is 9.53 Å². The Labute approximate surface area is 105 Å². The van der Waals surface area contributed by atoms with Gasteiger partial charge in [-0.3, -0.25) is 4.79 Å². The summed E-state index contributed by atoms with van der Waals surface area (Å²) in [5.74, 6) is -0.167. The van der Waals surface area contributed by atoms with E-state index in [9.17, 15) is 4.79 Å². The maximum absolute atomic E-state index is 11.6. The molecule has 4 nitrogen and oxygen atoms in total. The van der Waals surface area contributed by atoms with Gasteiger partial charge in [-0.15, -0.1) is 17.9 Å². The zero-order valence-corrected chi connectivity index (χ0v) is 10.5. The van der Waals surface area contributed by atoms with Gasteiger partial charge in [-0.05, 0) is 17.9 Å². The standard InChI is InChI=1S/C12H18N2O2S/c1-2-3-7-16-8-6-14-12(15)11(13)10-5-4-9-17-10/h2,4-5,9,11H,1,3,6-8,13H2,(H,14,15). The number of amides is 1. The van der Waals surface area contributed by atoms with Gasteiger partial charge in [0.2, 0.25) is 5.91 Å². The molecule has 0 aliphatic carbocycles. The molecule has 1 unspecified atom stereocenters. The first-order chi connectivity index (χ1) is 8.25. The van der Waals surface area contributed by atoms with Gasteiger partial charge in [-0.1, -0.05) is 12.1 Å². The fourth-order valence-electron chi connectivity index (χ4n) is 1.22. The molecule has 1 aromatic heterocycles. The molecule has 0 radical (unpaired) electrons. The number of rotatable bonds is 8. The molecule has 1 aromatic rings. The average molecular weight is 254 g/mol. The minimum atomic E-state index is -0.580. The second kappa shape index (κ2) is 8.00. The van der Waals surface area contributed by atoms with E-state index in [1.807, 2.05) is 17.5 Å². The summed E-state index contributed by atoms with van der Waals surface area (Å²) in [6.45, 7) is 5.21. The Morgan fingerprint density at radius 2 is 2.47 bits per heavy atom. The molecule has 0 saturated carbocycles. The first-order valence-electron chi connectivity index (χ1n) is 5.51. The van der Waals surface area contributed by atoms with Crippen LogP contribution in [0.25, 0.3) is 0 Å². The predicted molar refractivity (Wildman–Crippen MR) is 69.9 cm³/mol. The summed E-state index contributed by atoms with van der Waals surface area (Å²) < 4.78 is 5.27. The maximum atomic E-state index is 11.6. The number of carbonyl (C=O) groups excluding carboxylic acids is 1. The summed E-state index contributed by atoms with van der Waals surface area (Å²) in [4.78, 5) is 12.5. The Bertz CT molecular complexity index is 338. The Hall–Kier alpha value is -1.17. The zero-order valence-electron chi connectivity index (χ0n) is 9.72. The first-order valence-corrected chi connectivity index (χ1v) is 6.39. The third kappa shape index (κ3) is 5.12. The first kappa shape index (κ1) is 13.9. The Balaban J connectivity index is 2.15. The van der Waals surface area contributed by atoms with Crippen molar-refractivity contribution in [2.75, 3.05) is 19.8 Å². The molecule has 1 heterocycles.